The van der Waals surface area contributed by atoms with Gasteiger partial charge in [-0.3, -0.25) is 0 Å². The normalized spacial score (nSPS) is 12.1. The van der Waals surface area contributed by atoms with Crippen molar-refractivity contribution in [1.82, 2.24) is 4.98 Å². The minimum Gasteiger partial charge on any atom is -0.374 e. The van der Waals surface area contributed by atoms with Gasteiger partial charge in [0, 0.05) is 18.1 Å². The van der Waals surface area contributed by atoms with Gasteiger partial charge in [0.2, 0.25) is 0 Å². The highest BCUT2D eigenvalue weighted by Gasteiger charge is 2.13. The van der Waals surface area contributed by atoms with Crippen molar-refractivity contribution in [2.24, 2.45) is 0 Å². The number of thiazole rings is 1. The van der Waals surface area contributed by atoms with E-state index in [1.807, 2.05) is 29.6 Å². The molecule has 1 heterocycles. The van der Waals surface area contributed by atoms with Gasteiger partial charge in [0.15, 0.2) is 0 Å². The number of aromatic nitrogens is 1. The number of benzene rings is 1. The maximum Gasteiger partial charge on any atom is 0.122 e. The summed E-state index contributed by atoms with van der Waals surface area (Å²) in [5.74, 6) is 0. The second-order valence-electron chi connectivity index (χ2n) is 3.89. The highest BCUT2D eigenvalue weighted by Crippen LogP contribution is 2.28. The highest BCUT2D eigenvalue weighted by atomic mass is 32.1. The number of hydrogen-bond acceptors (Lipinski definition) is 4. The molecule has 1 atom stereocenters. The van der Waals surface area contributed by atoms with Crippen LogP contribution < -0.4 is 0 Å². The predicted molar refractivity (Wildman–Crippen MR) is 72.3 cm³/mol. The Hall–Kier alpha value is -1.70. The number of hydrogen-bond donors (Lipinski definition) is 0. The van der Waals surface area contributed by atoms with E-state index in [2.05, 4.69) is 18.0 Å². The van der Waals surface area contributed by atoms with Crippen LogP contribution in [0.5, 0.6) is 0 Å². The van der Waals surface area contributed by atoms with Crippen LogP contribution in [-0.2, 0) is 4.74 Å². The zero-order valence-electron chi connectivity index (χ0n) is 10.4. The van der Waals surface area contributed by atoms with Gasteiger partial charge in [-0.25, -0.2) is 4.98 Å². The van der Waals surface area contributed by atoms with Crippen LogP contribution in [0.3, 0.4) is 0 Å². The maximum absolute atomic E-state index is 8.76. The van der Waals surface area contributed by atoms with Gasteiger partial charge in [-0.15, -0.1) is 11.3 Å². The van der Waals surface area contributed by atoms with Crippen molar-refractivity contribution in [3.05, 3.63) is 40.2 Å². The van der Waals surface area contributed by atoms with Crippen LogP contribution in [0.2, 0.25) is 0 Å². The molecule has 0 aliphatic carbocycles. The fourth-order valence-electron chi connectivity index (χ4n) is 1.73. The molecule has 1 aromatic heterocycles. The summed E-state index contributed by atoms with van der Waals surface area (Å²) in [6, 6.07) is 9.57. The average molecular weight is 258 g/mol. The molecule has 0 fully saturated rings. The molecule has 0 radical (unpaired) electrons. The second-order valence-corrected chi connectivity index (χ2v) is 4.78. The minimum absolute atomic E-state index is 0.0714. The van der Waals surface area contributed by atoms with E-state index in [9.17, 15) is 0 Å². The monoisotopic (exact) mass is 258 g/mol. The molecule has 0 saturated heterocycles. The first-order valence-corrected chi connectivity index (χ1v) is 6.65. The van der Waals surface area contributed by atoms with Crippen molar-refractivity contribution in [2.45, 2.75) is 19.4 Å². The Bertz CT molecular complexity index is 550. The molecule has 0 aliphatic heterocycles. The molecule has 2 aromatic rings. The van der Waals surface area contributed by atoms with Crippen LogP contribution in [0.4, 0.5) is 0 Å². The molecule has 3 nitrogen and oxygen atoms in total. The summed E-state index contributed by atoms with van der Waals surface area (Å²) >= 11 is 1.61. The van der Waals surface area contributed by atoms with Gasteiger partial charge < -0.3 is 4.74 Å². The molecule has 0 amide bonds. The molecule has 1 aromatic carbocycles. The van der Waals surface area contributed by atoms with Crippen LogP contribution >= 0.6 is 11.3 Å². The maximum atomic E-state index is 8.76. The van der Waals surface area contributed by atoms with Gasteiger partial charge in [-0.1, -0.05) is 19.1 Å². The highest BCUT2D eigenvalue weighted by molar-refractivity contribution is 7.10. The molecule has 4 heteroatoms. The van der Waals surface area contributed by atoms with Gasteiger partial charge in [-0.2, -0.15) is 5.26 Å². The summed E-state index contributed by atoms with van der Waals surface area (Å²) in [5, 5.41) is 11.8. The standard InChI is InChI=1S/C14H14N2OS/c1-3-13(17-2)14-16-12(9-18-14)11-6-4-10(8-15)5-7-11/h4-7,9,13H,3H2,1-2H3. The van der Waals surface area contributed by atoms with E-state index in [1.165, 1.54) is 0 Å². The lowest BCUT2D eigenvalue weighted by molar-refractivity contribution is 0.0998. The lowest BCUT2D eigenvalue weighted by Gasteiger charge is -2.08. The van der Waals surface area contributed by atoms with Gasteiger partial charge in [0.05, 0.1) is 17.3 Å². The minimum atomic E-state index is 0.0714. The van der Waals surface area contributed by atoms with Crippen LogP contribution in [0, 0.1) is 11.3 Å². The molecule has 1 unspecified atom stereocenters. The summed E-state index contributed by atoms with van der Waals surface area (Å²) in [5.41, 5.74) is 2.63. The first kappa shape index (κ1) is 12.7. The molecule has 2 rings (SSSR count). The zero-order valence-corrected chi connectivity index (χ0v) is 11.2. The molecule has 18 heavy (non-hydrogen) atoms. The van der Waals surface area contributed by atoms with Crippen molar-refractivity contribution in [3.8, 4) is 17.3 Å². The Morgan fingerprint density at radius 3 is 2.67 bits per heavy atom. The van der Waals surface area contributed by atoms with Crippen LogP contribution in [0.15, 0.2) is 29.6 Å². The smallest absolute Gasteiger partial charge is 0.122 e. The summed E-state index contributed by atoms with van der Waals surface area (Å²) in [6.07, 6.45) is 0.985. The lowest BCUT2D eigenvalue weighted by Crippen LogP contribution is -1.98. The molecule has 0 spiro atoms. The van der Waals surface area contributed by atoms with Crippen LogP contribution in [-0.4, -0.2) is 12.1 Å². The van der Waals surface area contributed by atoms with Crippen LogP contribution in [0.1, 0.15) is 30.0 Å². The third-order valence-electron chi connectivity index (χ3n) is 2.76. The van der Waals surface area contributed by atoms with Crippen molar-refractivity contribution >= 4 is 11.3 Å². The third kappa shape index (κ3) is 2.58. The molecular formula is C14H14N2OS. The number of nitrogens with zero attached hydrogens (tertiary/aromatic N) is 2. The Morgan fingerprint density at radius 1 is 1.39 bits per heavy atom. The van der Waals surface area contributed by atoms with E-state index in [0.717, 1.165) is 22.7 Å². The third-order valence-corrected chi connectivity index (χ3v) is 3.70. The fraction of sp³-hybridized carbons (Fsp3) is 0.286. The molecule has 0 saturated carbocycles. The Kier molecular flexibility index (Phi) is 4.08. The van der Waals surface area contributed by atoms with Crippen molar-refractivity contribution in [2.75, 3.05) is 7.11 Å². The summed E-state index contributed by atoms with van der Waals surface area (Å²) in [6.45, 7) is 2.08. The van der Waals surface area contributed by atoms with E-state index < -0.39 is 0 Å². The summed E-state index contributed by atoms with van der Waals surface area (Å²) in [4.78, 5) is 4.59. The van der Waals surface area contributed by atoms with Crippen molar-refractivity contribution in [3.63, 3.8) is 0 Å². The quantitative estimate of drug-likeness (QED) is 0.838. The summed E-state index contributed by atoms with van der Waals surface area (Å²) < 4.78 is 5.38. The molecular weight excluding hydrogens is 244 g/mol. The Labute approximate surface area is 111 Å². The summed E-state index contributed by atoms with van der Waals surface area (Å²) in [7, 11) is 1.71. The van der Waals surface area contributed by atoms with E-state index in [-0.39, 0.29) is 6.10 Å². The Morgan fingerprint density at radius 2 is 2.11 bits per heavy atom. The Balaban J connectivity index is 2.26. The second kappa shape index (κ2) is 5.76. The molecule has 0 N–H and O–H groups in total. The van der Waals surface area contributed by atoms with E-state index >= 15 is 0 Å². The molecule has 0 bridgehead atoms. The average Bonchev–Trinajstić information content (AvgIpc) is 2.90. The predicted octanol–water partition coefficient (Wildman–Crippen LogP) is 3.78. The number of ether oxygens (including phenoxy) is 1. The number of rotatable bonds is 4. The first-order valence-electron chi connectivity index (χ1n) is 5.77. The largest absolute Gasteiger partial charge is 0.374 e. The lowest BCUT2D eigenvalue weighted by atomic mass is 10.1. The number of methoxy groups -OCH3 is 1. The first-order chi connectivity index (χ1) is 8.78. The van der Waals surface area contributed by atoms with Crippen LogP contribution in [0.25, 0.3) is 11.3 Å². The van der Waals surface area contributed by atoms with E-state index in [1.54, 1.807) is 18.4 Å². The molecule has 0 aliphatic rings. The van der Waals surface area contributed by atoms with Crippen molar-refractivity contribution < 1.29 is 4.74 Å². The topological polar surface area (TPSA) is 45.9 Å². The van der Waals surface area contributed by atoms with Gasteiger partial charge in [0.25, 0.3) is 0 Å². The van der Waals surface area contributed by atoms with Crippen molar-refractivity contribution in [1.29, 1.82) is 5.26 Å². The zero-order chi connectivity index (χ0) is 13.0. The van der Waals surface area contributed by atoms with Gasteiger partial charge in [-0.05, 0) is 18.6 Å². The van der Waals surface area contributed by atoms with E-state index in [0.29, 0.717) is 5.56 Å². The van der Waals surface area contributed by atoms with E-state index in [4.69, 9.17) is 10.00 Å². The molecule has 92 valence electrons. The van der Waals surface area contributed by atoms with Gasteiger partial charge in [0.1, 0.15) is 11.1 Å². The SMILES string of the molecule is CCC(OC)c1nc(-c2ccc(C#N)cc2)cs1. The number of nitriles is 1. The van der Waals surface area contributed by atoms with Gasteiger partial charge >= 0.3 is 0 Å². The fourth-order valence-corrected chi connectivity index (χ4v) is 2.71.